The number of alkyl halides is 4. The van der Waals surface area contributed by atoms with E-state index >= 15 is 4.39 Å². The zero-order valence-corrected chi connectivity index (χ0v) is 25.5. The van der Waals surface area contributed by atoms with Gasteiger partial charge in [0.2, 0.25) is 5.67 Å². The van der Waals surface area contributed by atoms with E-state index in [0.29, 0.717) is 49.1 Å². The molecule has 3 aliphatic heterocycles. The van der Waals surface area contributed by atoms with Gasteiger partial charge < -0.3 is 19.6 Å². The number of hydrogen-bond donors (Lipinski definition) is 1. The fraction of sp³-hybridized carbons (Fsp3) is 0.750. The number of piperidine rings is 1. The summed E-state index contributed by atoms with van der Waals surface area (Å²) < 4.78 is 63.2. The molecule has 1 saturated carbocycles. The molecule has 43 heavy (non-hydrogen) atoms. The summed E-state index contributed by atoms with van der Waals surface area (Å²) in [5, 5.41) is 9.42. The lowest BCUT2D eigenvalue weighted by Crippen LogP contribution is -2.48. The maximum absolute atomic E-state index is 16.4. The van der Waals surface area contributed by atoms with E-state index in [0.717, 1.165) is 37.8 Å². The molecule has 11 heteroatoms. The second kappa shape index (κ2) is 12.2. The van der Waals surface area contributed by atoms with Gasteiger partial charge in [0.1, 0.15) is 0 Å². The third-order valence-electron chi connectivity index (χ3n) is 10.5. The summed E-state index contributed by atoms with van der Waals surface area (Å²) in [6, 6.07) is 3.97. The van der Waals surface area contributed by atoms with Crippen molar-refractivity contribution in [3.63, 3.8) is 0 Å². The van der Waals surface area contributed by atoms with Crippen LogP contribution in [0.5, 0.6) is 0 Å². The van der Waals surface area contributed by atoms with E-state index < -0.39 is 35.2 Å². The maximum Gasteiger partial charge on any atom is 0.416 e. The Morgan fingerprint density at radius 2 is 1.70 bits per heavy atom. The van der Waals surface area contributed by atoms with Crippen LogP contribution >= 0.6 is 0 Å². The van der Waals surface area contributed by atoms with E-state index in [1.165, 1.54) is 6.07 Å². The number of rotatable bonds is 7. The molecule has 3 atom stereocenters. The first-order chi connectivity index (χ1) is 20.2. The molecule has 1 N–H and O–H groups in total. The number of halogens is 4. The first-order valence-electron chi connectivity index (χ1n) is 15.6. The third kappa shape index (κ3) is 6.82. The van der Waals surface area contributed by atoms with Crippen molar-refractivity contribution in [1.29, 1.82) is 0 Å². The van der Waals surface area contributed by atoms with Crippen LogP contribution in [-0.2, 0) is 20.5 Å². The molecule has 240 valence electrons. The summed E-state index contributed by atoms with van der Waals surface area (Å²) >= 11 is 0. The SMILES string of the molecule is COC[C@H]1CN(C(=O)[C@@]2(F)CCN(C3CCC(C)(C)CC3)C2)C[C@@H]1c1ccc(C(F)(F)F)cc1N1CCC(C(=O)O)CC1. The van der Waals surface area contributed by atoms with Crippen molar-refractivity contribution >= 4 is 17.6 Å². The average Bonchev–Trinajstić information content (AvgIpc) is 3.56. The first kappa shape index (κ1) is 32.0. The molecular weight excluding hydrogens is 566 g/mol. The van der Waals surface area contributed by atoms with E-state index in [1.54, 1.807) is 12.0 Å². The molecule has 7 nitrogen and oxygen atoms in total. The Labute approximate surface area is 251 Å². The van der Waals surface area contributed by atoms with Crippen molar-refractivity contribution in [2.75, 3.05) is 57.9 Å². The number of likely N-dealkylation sites (tertiary alicyclic amines) is 2. The number of nitrogens with zero attached hydrogens (tertiary/aromatic N) is 3. The van der Waals surface area contributed by atoms with Crippen LogP contribution in [-0.4, -0.2) is 91.5 Å². The van der Waals surface area contributed by atoms with E-state index in [2.05, 4.69) is 18.7 Å². The minimum Gasteiger partial charge on any atom is -0.481 e. The van der Waals surface area contributed by atoms with Crippen molar-refractivity contribution in [1.82, 2.24) is 9.80 Å². The highest BCUT2D eigenvalue weighted by molar-refractivity contribution is 5.86. The molecule has 4 fully saturated rings. The van der Waals surface area contributed by atoms with Crippen LogP contribution in [0.15, 0.2) is 18.2 Å². The predicted molar refractivity (Wildman–Crippen MR) is 155 cm³/mol. The summed E-state index contributed by atoms with van der Waals surface area (Å²) in [6.07, 6.45) is 0.432. The molecule has 0 unspecified atom stereocenters. The lowest BCUT2D eigenvalue weighted by atomic mass is 9.75. The Balaban J connectivity index is 1.36. The molecule has 0 bridgehead atoms. The molecule has 1 aromatic rings. The third-order valence-corrected chi connectivity index (χ3v) is 10.5. The zero-order chi connectivity index (χ0) is 31.2. The maximum atomic E-state index is 16.4. The van der Waals surface area contributed by atoms with Crippen LogP contribution in [0.4, 0.5) is 23.2 Å². The normalized spacial score (nSPS) is 29.4. The van der Waals surface area contributed by atoms with Crippen LogP contribution in [0.25, 0.3) is 0 Å². The number of carboxylic acids is 1. The Kier molecular flexibility index (Phi) is 9.07. The molecule has 3 saturated heterocycles. The van der Waals surface area contributed by atoms with Crippen molar-refractivity contribution in [3.05, 3.63) is 29.3 Å². The number of ether oxygens (including phenoxy) is 1. The van der Waals surface area contributed by atoms with E-state index in [-0.39, 0.29) is 50.5 Å². The second-order valence-electron chi connectivity index (χ2n) is 14.0. The fourth-order valence-corrected chi connectivity index (χ4v) is 7.77. The minimum atomic E-state index is -4.54. The summed E-state index contributed by atoms with van der Waals surface area (Å²) in [5.74, 6) is -2.53. The fourth-order valence-electron chi connectivity index (χ4n) is 7.77. The van der Waals surface area contributed by atoms with Crippen molar-refractivity contribution in [2.45, 2.75) is 82.6 Å². The number of carbonyl (C=O) groups excluding carboxylic acids is 1. The van der Waals surface area contributed by atoms with Gasteiger partial charge in [-0.15, -0.1) is 0 Å². The van der Waals surface area contributed by atoms with Gasteiger partial charge >= 0.3 is 12.1 Å². The Hall–Kier alpha value is -2.40. The van der Waals surface area contributed by atoms with Gasteiger partial charge in [0.15, 0.2) is 0 Å². The summed E-state index contributed by atoms with van der Waals surface area (Å²) in [7, 11) is 1.54. The molecule has 0 aromatic heterocycles. The molecule has 3 heterocycles. The second-order valence-corrected chi connectivity index (χ2v) is 14.0. The van der Waals surface area contributed by atoms with Crippen LogP contribution in [0.1, 0.15) is 75.8 Å². The van der Waals surface area contributed by atoms with Crippen LogP contribution in [0.2, 0.25) is 0 Å². The summed E-state index contributed by atoms with van der Waals surface area (Å²) in [5.41, 5.74) is -1.41. The largest absolute Gasteiger partial charge is 0.481 e. The summed E-state index contributed by atoms with van der Waals surface area (Å²) in [4.78, 5) is 30.8. The van der Waals surface area contributed by atoms with E-state index in [9.17, 15) is 27.9 Å². The topological polar surface area (TPSA) is 73.3 Å². The highest BCUT2D eigenvalue weighted by atomic mass is 19.4. The van der Waals surface area contributed by atoms with Gasteiger partial charge in [-0.25, -0.2) is 4.39 Å². The van der Waals surface area contributed by atoms with Crippen molar-refractivity contribution in [3.8, 4) is 0 Å². The van der Waals surface area contributed by atoms with Crippen LogP contribution < -0.4 is 4.90 Å². The van der Waals surface area contributed by atoms with Crippen molar-refractivity contribution < 1.29 is 37.0 Å². The molecule has 0 spiro atoms. The van der Waals surface area contributed by atoms with Crippen LogP contribution in [0.3, 0.4) is 0 Å². The predicted octanol–water partition coefficient (Wildman–Crippen LogP) is 5.58. The number of hydrogen-bond acceptors (Lipinski definition) is 5. The number of amides is 1. The molecule has 1 amide bonds. The highest BCUT2D eigenvalue weighted by Crippen LogP contribution is 2.44. The van der Waals surface area contributed by atoms with Gasteiger partial charge in [-0.1, -0.05) is 19.9 Å². The zero-order valence-electron chi connectivity index (χ0n) is 25.5. The van der Waals surface area contributed by atoms with E-state index in [4.69, 9.17) is 4.74 Å². The van der Waals surface area contributed by atoms with Gasteiger partial charge in [0, 0.05) is 76.4 Å². The number of carboxylic acid groups (broad SMARTS) is 1. The Bertz CT molecular complexity index is 1180. The highest BCUT2D eigenvalue weighted by Gasteiger charge is 2.51. The minimum absolute atomic E-state index is 0.0804. The quantitative estimate of drug-likeness (QED) is 0.406. The Morgan fingerprint density at radius 1 is 1.02 bits per heavy atom. The smallest absolute Gasteiger partial charge is 0.416 e. The van der Waals surface area contributed by atoms with Gasteiger partial charge in [0.05, 0.1) is 18.1 Å². The van der Waals surface area contributed by atoms with Gasteiger partial charge in [-0.2, -0.15) is 13.2 Å². The molecular formula is C32H45F4N3O4. The average molecular weight is 612 g/mol. The lowest BCUT2D eigenvalue weighted by Gasteiger charge is -2.39. The van der Waals surface area contributed by atoms with Gasteiger partial charge in [-0.05, 0) is 61.6 Å². The number of methoxy groups -OCH3 is 1. The number of anilines is 1. The van der Waals surface area contributed by atoms with Crippen molar-refractivity contribution in [2.24, 2.45) is 17.3 Å². The molecule has 1 aromatic carbocycles. The Morgan fingerprint density at radius 3 is 2.30 bits per heavy atom. The molecule has 0 radical (unpaired) electrons. The molecule has 4 aliphatic rings. The molecule has 5 rings (SSSR count). The van der Waals surface area contributed by atoms with Gasteiger partial charge in [0.25, 0.3) is 5.91 Å². The standard InChI is InChI=1S/C32H45F4N3O4/c1-30(2)10-6-24(7-11-30)38-15-12-31(33,20-38)29(42)39-17-22(19-43-3)26(18-39)25-5-4-23(32(34,35)36)16-27(25)37-13-8-21(9-14-37)28(40)41/h4-5,16,21-22,24,26H,6-15,17-20H2,1-3H3,(H,40,41)/t22-,26+,31-/m1/s1. The first-order valence-corrected chi connectivity index (χ1v) is 15.6. The monoisotopic (exact) mass is 611 g/mol. The molecule has 1 aliphatic carbocycles. The number of carbonyl (C=O) groups is 2. The lowest BCUT2D eigenvalue weighted by molar-refractivity contribution is -0.143. The van der Waals surface area contributed by atoms with Gasteiger partial charge in [-0.3, -0.25) is 14.5 Å². The number of aliphatic carboxylic acids is 1. The van der Waals surface area contributed by atoms with E-state index in [1.807, 2.05) is 4.90 Å². The number of benzene rings is 1. The van der Waals surface area contributed by atoms with Crippen LogP contribution in [0, 0.1) is 17.3 Å². The summed E-state index contributed by atoms with van der Waals surface area (Å²) in [6.45, 7) is 6.52.